The number of carbonyl (C=O) groups is 1. The van der Waals surface area contributed by atoms with Crippen LogP contribution in [0.15, 0.2) is 12.2 Å². The van der Waals surface area contributed by atoms with Gasteiger partial charge < -0.3 is 32.8 Å². The molecule has 39 heavy (non-hydrogen) atoms. The molecule has 0 aromatic carbocycles. The quantitative estimate of drug-likeness (QED) is 0.0882. The molecule has 2 fully saturated rings. The van der Waals surface area contributed by atoms with Crippen molar-refractivity contribution in [2.75, 3.05) is 47.4 Å². The van der Waals surface area contributed by atoms with E-state index in [0.29, 0.717) is 32.3 Å². The van der Waals surface area contributed by atoms with Crippen LogP contribution < -0.4 is 0 Å². The molecular weight excluding hydrogens is 516 g/mol. The molecule has 0 radical (unpaired) electrons. The molecule has 0 aromatic rings. The van der Waals surface area contributed by atoms with Crippen LogP contribution in [-0.2, 0) is 37.6 Å². The second-order valence-electron chi connectivity index (χ2n) is 13.0. The van der Waals surface area contributed by atoms with Crippen LogP contribution in [0.3, 0.4) is 0 Å². The van der Waals surface area contributed by atoms with Gasteiger partial charge in [0.25, 0.3) is 0 Å². The summed E-state index contributed by atoms with van der Waals surface area (Å²) < 4.78 is 40.8. The summed E-state index contributed by atoms with van der Waals surface area (Å²) in [6, 6.07) is 0. The van der Waals surface area contributed by atoms with Crippen molar-refractivity contribution in [1.29, 1.82) is 0 Å². The maximum absolute atomic E-state index is 13.2. The summed E-state index contributed by atoms with van der Waals surface area (Å²) in [6.07, 6.45) is 8.97. The third-order valence-corrected chi connectivity index (χ3v) is 13.9. The molecule has 0 unspecified atom stereocenters. The van der Waals surface area contributed by atoms with Crippen LogP contribution in [0.25, 0.3) is 0 Å². The zero-order valence-electron chi connectivity index (χ0n) is 25.6. The molecular formula is C30H54O8Si. The summed E-state index contributed by atoms with van der Waals surface area (Å²) in [5.74, 6) is 0.309. The standard InChI is InChI=1S/C30H54O8Si/c1-21(9-14-27-35-17-18-36-27)28(29(31)33-6)22-10-11-23-24(12-13-25(23)37-20-34-16-15-32-5)26(19-22)38-39(7,8)30(2,3)4/h10-11,21-28H,9,12-20H2,1-8H3/t21-,22+,23+,24+,25-,26-,28+/m0/s1. The van der Waals surface area contributed by atoms with Crippen molar-refractivity contribution in [3.8, 4) is 0 Å². The Balaban J connectivity index is 1.81. The van der Waals surface area contributed by atoms with Crippen LogP contribution in [-0.4, -0.2) is 80.2 Å². The van der Waals surface area contributed by atoms with Gasteiger partial charge in [0.1, 0.15) is 6.79 Å². The van der Waals surface area contributed by atoms with Crippen molar-refractivity contribution >= 4 is 14.3 Å². The lowest BCUT2D eigenvalue weighted by atomic mass is 9.77. The summed E-state index contributed by atoms with van der Waals surface area (Å²) >= 11 is 0. The molecule has 3 rings (SSSR count). The second kappa shape index (κ2) is 14.9. The van der Waals surface area contributed by atoms with E-state index in [-0.39, 0.29) is 60.0 Å². The van der Waals surface area contributed by atoms with Crippen molar-refractivity contribution in [2.45, 2.75) is 96.4 Å². The predicted molar refractivity (Wildman–Crippen MR) is 153 cm³/mol. The van der Waals surface area contributed by atoms with Gasteiger partial charge in [-0.2, -0.15) is 0 Å². The lowest BCUT2D eigenvalue weighted by molar-refractivity contribution is -0.149. The van der Waals surface area contributed by atoms with Gasteiger partial charge in [0.2, 0.25) is 0 Å². The van der Waals surface area contributed by atoms with Gasteiger partial charge in [-0.3, -0.25) is 4.79 Å². The molecule has 1 heterocycles. The van der Waals surface area contributed by atoms with E-state index in [0.717, 1.165) is 32.1 Å². The normalized spacial score (nSPS) is 29.7. The van der Waals surface area contributed by atoms with E-state index >= 15 is 0 Å². The minimum atomic E-state index is -2.05. The number of fused-ring (bicyclic) bond motifs is 1. The molecule has 1 aliphatic heterocycles. The largest absolute Gasteiger partial charge is 0.469 e. The number of carbonyl (C=O) groups excluding carboxylic acids is 1. The fourth-order valence-electron chi connectivity index (χ4n) is 6.12. The van der Waals surface area contributed by atoms with Gasteiger partial charge in [0.15, 0.2) is 14.6 Å². The molecule has 9 heteroatoms. The smallest absolute Gasteiger partial charge is 0.309 e. The summed E-state index contributed by atoms with van der Waals surface area (Å²) in [7, 11) is 1.11. The Labute approximate surface area is 237 Å². The van der Waals surface area contributed by atoms with Crippen LogP contribution >= 0.6 is 0 Å². The third kappa shape index (κ3) is 8.84. The topological polar surface area (TPSA) is 81.7 Å². The Morgan fingerprint density at radius 2 is 1.77 bits per heavy atom. The minimum Gasteiger partial charge on any atom is -0.469 e. The highest BCUT2D eigenvalue weighted by atomic mass is 28.4. The molecule has 226 valence electrons. The Hall–Kier alpha value is -0.813. The number of hydrogen-bond acceptors (Lipinski definition) is 8. The molecule has 7 atom stereocenters. The van der Waals surface area contributed by atoms with Gasteiger partial charge in [-0.05, 0) is 68.0 Å². The Bertz CT molecular complexity index is 775. The van der Waals surface area contributed by atoms with Crippen molar-refractivity contribution in [3.05, 3.63) is 12.2 Å². The van der Waals surface area contributed by atoms with Gasteiger partial charge in [0.05, 0.1) is 45.6 Å². The van der Waals surface area contributed by atoms with E-state index in [2.05, 4.69) is 52.9 Å². The first-order valence-corrected chi connectivity index (χ1v) is 17.7. The first kappa shape index (κ1) is 32.7. The lowest BCUT2D eigenvalue weighted by Crippen LogP contribution is -2.47. The molecule has 8 nitrogen and oxygen atoms in total. The van der Waals surface area contributed by atoms with Gasteiger partial charge in [0, 0.05) is 19.1 Å². The average molecular weight is 571 g/mol. The molecule has 1 saturated heterocycles. The molecule has 1 saturated carbocycles. The molecule has 3 aliphatic rings. The van der Waals surface area contributed by atoms with Crippen LogP contribution in [0.4, 0.5) is 0 Å². The van der Waals surface area contributed by atoms with Crippen LogP contribution in [0.5, 0.6) is 0 Å². The van der Waals surface area contributed by atoms with E-state index in [1.165, 1.54) is 7.11 Å². The zero-order chi connectivity index (χ0) is 28.6. The highest BCUT2D eigenvalue weighted by molar-refractivity contribution is 6.74. The maximum Gasteiger partial charge on any atom is 0.309 e. The SMILES string of the molecule is COCCOCO[C@H]1CC[C@@H]2[C@H]1C=C[C@@H]([C@H](C(=O)OC)[C@@H](C)CCC1OCCO1)C[C@@H]2O[Si](C)(C)C(C)(C)C. The van der Waals surface area contributed by atoms with E-state index < -0.39 is 8.32 Å². The lowest BCUT2D eigenvalue weighted by Gasteiger charge is -2.42. The Kier molecular flexibility index (Phi) is 12.5. The number of methoxy groups -OCH3 is 2. The Morgan fingerprint density at radius 1 is 1.05 bits per heavy atom. The first-order valence-electron chi connectivity index (χ1n) is 14.8. The number of esters is 1. The average Bonchev–Trinajstić information content (AvgIpc) is 3.51. The van der Waals surface area contributed by atoms with E-state index in [1.54, 1.807) is 7.11 Å². The number of ether oxygens (including phenoxy) is 6. The van der Waals surface area contributed by atoms with Crippen molar-refractivity contribution in [3.63, 3.8) is 0 Å². The predicted octanol–water partition coefficient (Wildman–Crippen LogP) is 5.56. The maximum atomic E-state index is 13.2. The number of allylic oxidation sites excluding steroid dienone is 1. The van der Waals surface area contributed by atoms with Gasteiger partial charge in [-0.15, -0.1) is 0 Å². The van der Waals surface area contributed by atoms with E-state index in [1.807, 2.05) is 0 Å². The summed E-state index contributed by atoms with van der Waals surface area (Å²) in [4.78, 5) is 13.2. The van der Waals surface area contributed by atoms with E-state index in [9.17, 15) is 4.79 Å². The zero-order valence-corrected chi connectivity index (χ0v) is 26.6. The van der Waals surface area contributed by atoms with E-state index in [4.69, 9.17) is 32.8 Å². The molecule has 0 bridgehead atoms. The molecule has 0 spiro atoms. The van der Waals surface area contributed by atoms with Gasteiger partial charge in [-0.25, -0.2) is 0 Å². The fraction of sp³-hybridized carbons (Fsp3) is 0.900. The fourth-order valence-corrected chi connectivity index (χ4v) is 7.50. The van der Waals surface area contributed by atoms with Gasteiger partial charge in [-0.1, -0.05) is 39.8 Å². The molecule has 2 aliphatic carbocycles. The monoisotopic (exact) mass is 570 g/mol. The summed E-state index contributed by atoms with van der Waals surface area (Å²) in [5.41, 5.74) is 0. The van der Waals surface area contributed by atoms with Crippen LogP contribution in [0, 0.1) is 29.6 Å². The summed E-state index contributed by atoms with van der Waals surface area (Å²) in [6.45, 7) is 16.3. The second-order valence-corrected chi connectivity index (χ2v) is 17.8. The highest BCUT2D eigenvalue weighted by Crippen LogP contribution is 2.47. The number of hydrogen-bond donors (Lipinski definition) is 0. The molecule has 0 aromatic heterocycles. The minimum absolute atomic E-state index is 0.0248. The first-order chi connectivity index (χ1) is 18.5. The number of rotatable bonds is 14. The Morgan fingerprint density at radius 3 is 2.41 bits per heavy atom. The van der Waals surface area contributed by atoms with Gasteiger partial charge >= 0.3 is 5.97 Å². The summed E-state index contributed by atoms with van der Waals surface area (Å²) in [5, 5.41) is 0.0950. The van der Waals surface area contributed by atoms with Crippen molar-refractivity contribution < 1.29 is 37.6 Å². The molecule has 0 amide bonds. The molecule has 0 N–H and O–H groups in total. The third-order valence-electron chi connectivity index (χ3n) is 9.42. The van der Waals surface area contributed by atoms with Crippen molar-refractivity contribution in [2.24, 2.45) is 29.6 Å². The van der Waals surface area contributed by atoms with Crippen LogP contribution in [0.2, 0.25) is 18.1 Å². The highest BCUT2D eigenvalue weighted by Gasteiger charge is 2.48. The van der Waals surface area contributed by atoms with Crippen LogP contribution in [0.1, 0.15) is 59.8 Å². The van der Waals surface area contributed by atoms with Crippen molar-refractivity contribution in [1.82, 2.24) is 0 Å².